The van der Waals surface area contributed by atoms with E-state index in [0.29, 0.717) is 38.0 Å². The molecule has 0 fully saturated rings. The zero-order valence-electron chi connectivity index (χ0n) is 14.6. The maximum atomic E-state index is 12.4. The predicted molar refractivity (Wildman–Crippen MR) is 102 cm³/mol. The Labute approximate surface area is 159 Å². The van der Waals surface area contributed by atoms with Crippen molar-refractivity contribution in [1.29, 1.82) is 0 Å². The number of rotatable bonds is 5. The van der Waals surface area contributed by atoms with Gasteiger partial charge in [-0.1, -0.05) is 29.8 Å². The molecule has 1 atom stereocenters. The van der Waals surface area contributed by atoms with Gasteiger partial charge in [0.1, 0.15) is 22.3 Å². The number of aromatic amines is 1. The Hall–Kier alpha value is -2.22. The molecule has 6 nitrogen and oxygen atoms in total. The zero-order valence-corrected chi connectivity index (χ0v) is 16.2. The first-order valence-corrected chi connectivity index (χ1v) is 9.30. The standard InChI is InChI=1S/C18H18ClN3O3S/c1-9-14-16(23)21-13(22-17(14)26-15(9)18(24)25-3)8-20-10(2)11-6-4-5-7-12(11)19/h4-7,10,20H,8H2,1-3H3,(H,21,22,23)/p+1/t10-/m0/s1. The molecule has 0 bridgehead atoms. The number of carbonyl (C=O) groups is 1. The molecule has 0 unspecified atom stereocenters. The number of halogens is 1. The molecule has 0 amide bonds. The Morgan fingerprint density at radius 2 is 2.15 bits per heavy atom. The largest absolute Gasteiger partial charge is 0.465 e. The number of H-pyrrole nitrogens is 1. The summed E-state index contributed by atoms with van der Waals surface area (Å²) in [7, 11) is 1.32. The van der Waals surface area contributed by atoms with Gasteiger partial charge >= 0.3 is 5.97 Å². The van der Waals surface area contributed by atoms with Gasteiger partial charge in [-0.2, -0.15) is 0 Å². The third-order valence-electron chi connectivity index (χ3n) is 4.28. The molecule has 1 aromatic carbocycles. The van der Waals surface area contributed by atoms with Crippen LogP contribution < -0.4 is 10.9 Å². The van der Waals surface area contributed by atoms with E-state index in [2.05, 4.69) is 9.97 Å². The maximum Gasteiger partial charge on any atom is 0.348 e. The fraction of sp³-hybridized carbons (Fsp3) is 0.278. The van der Waals surface area contributed by atoms with Gasteiger partial charge in [0.05, 0.1) is 12.5 Å². The first-order valence-electron chi connectivity index (χ1n) is 8.10. The van der Waals surface area contributed by atoms with E-state index >= 15 is 0 Å². The minimum Gasteiger partial charge on any atom is -0.465 e. The number of hydrogen-bond donors (Lipinski definition) is 2. The second-order valence-electron chi connectivity index (χ2n) is 5.99. The minimum absolute atomic E-state index is 0.111. The van der Waals surface area contributed by atoms with Crippen molar-refractivity contribution in [3.63, 3.8) is 0 Å². The van der Waals surface area contributed by atoms with Gasteiger partial charge in [-0.15, -0.1) is 11.3 Å². The summed E-state index contributed by atoms with van der Waals surface area (Å²) in [5.41, 5.74) is 1.39. The Bertz CT molecular complexity index is 1030. The number of hydrogen-bond acceptors (Lipinski definition) is 5. The van der Waals surface area contributed by atoms with Crippen LogP contribution in [0.5, 0.6) is 0 Å². The van der Waals surface area contributed by atoms with Gasteiger partial charge in [-0.3, -0.25) is 4.79 Å². The predicted octanol–water partition coefficient (Wildman–Crippen LogP) is 2.56. The Balaban J connectivity index is 1.86. The molecule has 136 valence electrons. The Morgan fingerprint density at radius 3 is 2.85 bits per heavy atom. The van der Waals surface area contributed by atoms with Crippen molar-refractivity contribution in [3.05, 3.63) is 61.5 Å². The zero-order chi connectivity index (χ0) is 18.8. The van der Waals surface area contributed by atoms with E-state index < -0.39 is 5.97 Å². The SMILES string of the molecule is COC(=O)c1sc2nc(C[NH2+][C@@H](C)c3ccccc3Cl)[nH]c(=O)c2c1C. The van der Waals surface area contributed by atoms with Crippen LogP contribution in [-0.4, -0.2) is 23.0 Å². The molecule has 2 aromatic heterocycles. The van der Waals surface area contributed by atoms with Gasteiger partial charge in [-0.25, -0.2) is 9.78 Å². The summed E-state index contributed by atoms with van der Waals surface area (Å²) in [6.07, 6.45) is 0. The maximum absolute atomic E-state index is 12.4. The lowest BCUT2D eigenvalue weighted by atomic mass is 10.1. The van der Waals surface area contributed by atoms with Crippen LogP contribution in [0.2, 0.25) is 5.02 Å². The second kappa shape index (κ2) is 7.57. The molecule has 0 aliphatic carbocycles. The number of nitrogens with two attached hydrogens (primary N) is 1. The van der Waals surface area contributed by atoms with Crippen molar-refractivity contribution in [2.75, 3.05) is 7.11 Å². The Kier molecular flexibility index (Phi) is 5.41. The van der Waals surface area contributed by atoms with E-state index in [1.807, 2.05) is 36.5 Å². The molecular formula is C18H19ClN3O3S+. The molecule has 3 N–H and O–H groups in total. The normalized spacial score (nSPS) is 12.3. The van der Waals surface area contributed by atoms with Gasteiger partial charge in [0.25, 0.3) is 5.56 Å². The first kappa shape index (κ1) is 18.6. The van der Waals surface area contributed by atoms with Crippen molar-refractivity contribution in [2.24, 2.45) is 0 Å². The minimum atomic E-state index is -0.453. The number of methoxy groups -OCH3 is 1. The van der Waals surface area contributed by atoms with E-state index in [9.17, 15) is 9.59 Å². The monoisotopic (exact) mass is 392 g/mol. The lowest BCUT2D eigenvalue weighted by Gasteiger charge is -2.12. The number of nitrogens with one attached hydrogen (secondary N) is 1. The summed E-state index contributed by atoms with van der Waals surface area (Å²) < 4.78 is 4.77. The summed E-state index contributed by atoms with van der Waals surface area (Å²) in [5, 5.41) is 3.20. The van der Waals surface area contributed by atoms with E-state index in [1.54, 1.807) is 6.92 Å². The fourth-order valence-corrected chi connectivity index (χ4v) is 4.26. The number of aromatic nitrogens is 2. The van der Waals surface area contributed by atoms with Crippen molar-refractivity contribution in [2.45, 2.75) is 26.4 Å². The number of nitrogens with zero attached hydrogens (tertiary/aromatic N) is 1. The highest BCUT2D eigenvalue weighted by atomic mass is 35.5. The quantitative estimate of drug-likeness (QED) is 0.653. The molecule has 0 saturated heterocycles. The first-order chi connectivity index (χ1) is 12.4. The van der Waals surface area contributed by atoms with Crippen LogP contribution in [0.15, 0.2) is 29.1 Å². The van der Waals surface area contributed by atoms with E-state index in [0.717, 1.165) is 5.56 Å². The van der Waals surface area contributed by atoms with Gasteiger partial charge in [0.2, 0.25) is 0 Å². The number of carbonyl (C=O) groups excluding carboxylic acids is 1. The van der Waals surface area contributed by atoms with Crippen LogP contribution in [0.4, 0.5) is 0 Å². The average Bonchev–Trinajstić information content (AvgIpc) is 2.96. The van der Waals surface area contributed by atoms with Gasteiger partial charge < -0.3 is 15.0 Å². The van der Waals surface area contributed by atoms with Crippen LogP contribution >= 0.6 is 22.9 Å². The molecule has 3 aromatic rings. The molecule has 0 radical (unpaired) electrons. The molecule has 0 saturated carbocycles. The molecule has 0 aliphatic rings. The number of thiophene rings is 1. The van der Waals surface area contributed by atoms with Crippen LogP contribution in [0.1, 0.15) is 39.6 Å². The summed E-state index contributed by atoms with van der Waals surface area (Å²) in [6, 6.07) is 7.79. The van der Waals surface area contributed by atoms with Crippen LogP contribution in [0.25, 0.3) is 10.2 Å². The number of quaternary nitrogens is 1. The van der Waals surface area contributed by atoms with Crippen molar-refractivity contribution >= 4 is 39.1 Å². The molecule has 8 heteroatoms. The molecule has 0 spiro atoms. The number of ether oxygens (including phenoxy) is 1. The number of aryl methyl sites for hydroxylation is 1. The average molecular weight is 393 g/mol. The lowest BCUT2D eigenvalue weighted by molar-refractivity contribution is -0.708. The number of fused-ring (bicyclic) bond motifs is 1. The summed E-state index contributed by atoms with van der Waals surface area (Å²) in [4.78, 5) is 32.5. The van der Waals surface area contributed by atoms with E-state index in [-0.39, 0.29) is 11.6 Å². The van der Waals surface area contributed by atoms with Gasteiger partial charge in [0, 0.05) is 10.6 Å². The summed E-state index contributed by atoms with van der Waals surface area (Å²) in [5.74, 6) is 0.101. The van der Waals surface area contributed by atoms with Crippen LogP contribution in [0, 0.1) is 6.92 Å². The van der Waals surface area contributed by atoms with Gasteiger partial charge in [0.15, 0.2) is 5.82 Å². The van der Waals surface area contributed by atoms with E-state index in [1.165, 1.54) is 18.4 Å². The molecular weight excluding hydrogens is 374 g/mol. The third-order valence-corrected chi connectivity index (χ3v) is 5.79. The summed E-state index contributed by atoms with van der Waals surface area (Å²) in [6.45, 7) is 4.26. The van der Waals surface area contributed by atoms with Crippen molar-refractivity contribution in [3.8, 4) is 0 Å². The Morgan fingerprint density at radius 1 is 1.42 bits per heavy atom. The highest BCUT2D eigenvalue weighted by molar-refractivity contribution is 7.20. The van der Waals surface area contributed by atoms with Crippen LogP contribution in [-0.2, 0) is 11.3 Å². The topological polar surface area (TPSA) is 88.7 Å². The third kappa shape index (κ3) is 3.51. The highest BCUT2D eigenvalue weighted by Crippen LogP contribution is 2.27. The molecule has 3 rings (SSSR count). The smallest absolute Gasteiger partial charge is 0.348 e. The molecule has 0 aliphatic heterocycles. The lowest BCUT2D eigenvalue weighted by Crippen LogP contribution is -2.83. The van der Waals surface area contributed by atoms with Crippen molar-refractivity contribution < 1.29 is 14.8 Å². The van der Waals surface area contributed by atoms with E-state index in [4.69, 9.17) is 16.3 Å². The second-order valence-corrected chi connectivity index (χ2v) is 7.40. The molecule has 26 heavy (non-hydrogen) atoms. The number of esters is 1. The molecule has 2 heterocycles. The van der Waals surface area contributed by atoms with Crippen LogP contribution in [0.3, 0.4) is 0 Å². The van der Waals surface area contributed by atoms with Crippen molar-refractivity contribution in [1.82, 2.24) is 9.97 Å². The fourth-order valence-electron chi connectivity index (χ4n) is 2.83. The number of benzene rings is 1. The van der Waals surface area contributed by atoms with Gasteiger partial charge in [-0.05, 0) is 25.5 Å². The highest BCUT2D eigenvalue weighted by Gasteiger charge is 2.20. The summed E-state index contributed by atoms with van der Waals surface area (Å²) >= 11 is 7.41.